The summed E-state index contributed by atoms with van der Waals surface area (Å²) in [5.41, 5.74) is 3.87. The Balaban J connectivity index is 1.59. The van der Waals surface area contributed by atoms with E-state index >= 15 is 0 Å². The van der Waals surface area contributed by atoms with Gasteiger partial charge in [0, 0.05) is 11.5 Å². The van der Waals surface area contributed by atoms with E-state index in [2.05, 4.69) is 12.1 Å². The van der Waals surface area contributed by atoms with Crippen LogP contribution < -0.4 is 4.74 Å². The molecule has 3 aromatic rings. The van der Waals surface area contributed by atoms with Crippen LogP contribution in [0.15, 0.2) is 72.8 Å². The predicted molar refractivity (Wildman–Crippen MR) is 103 cm³/mol. The minimum absolute atomic E-state index is 0.00101. The topological polar surface area (TPSA) is 66.8 Å². The van der Waals surface area contributed by atoms with Crippen LogP contribution in [-0.2, 0) is 6.42 Å². The van der Waals surface area contributed by atoms with E-state index in [1.807, 2.05) is 42.5 Å². The first kappa shape index (κ1) is 17.3. The summed E-state index contributed by atoms with van der Waals surface area (Å²) in [4.78, 5) is 11.2. The Morgan fingerprint density at radius 2 is 1.74 bits per heavy atom. The molecule has 0 fully saturated rings. The minimum atomic E-state index is -0.953. The molecular formula is C23H20O4. The lowest BCUT2D eigenvalue weighted by Crippen LogP contribution is -2.27. The lowest BCUT2D eigenvalue weighted by molar-refractivity contribution is 0.0508. The fourth-order valence-electron chi connectivity index (χ4n) is 3.54. The van der Waals surface area contributed by atoms with Gasteiger partial charge in [-0.25, -0.2) is 4.79 Å². The Hall–Kier alpha value is -3.11. The van der Waals surface area contributed by atoms with Crippen molar-refractivity contribution in [1.82, 2.24) is 0 Å². The second-order valence-corrected chi connectivity index (χ2v) is 6.84. The highest BCUT2D eigenvalue weighted by Crippen LogP contribution is 2.39. The third-order valence-electron chi connectivity index (χ3n) is 5.02. The first-order chi connectivity index (χ1) is 13.1. The molecule has 1 aliphatic rings. The van der Waals surface area contributed by atoms with Crippen LogP contribution in [0.25, 0.3) is 11.1 Å². The molecule has 1 aliphatic heterocycles. The number of ether oxygens (including phenoxy) is 1. The van der Waals surface area contributed by atoms with Crippen molar-refractivity contribution in [3.05, 3.63) is 89.5 Å². The van der Waals surface area contributed by atoms with E-state index in [0.717, 1.165) is 23.1 Å². The van der Waals surface area contributed by atoms with E-state index in [9.17, 15) is 15.0 Å². The molecule has 3 aromatic carbocycles. The number of aliphatic hydroxyl groups excluding tert-OH is 1. The fourth-order valence-corrected chi connectivity index (χ4v) is 3.54. The summed E-state index contributed by atoms with van der Waals surface area (Å²) < 4.78 is 5.94. The second kappa shape index (κ2) is 7.25. The van der Waals surface area contributed by atoms with Gasteiger partial charge in [0.15, 0.2) is 0 Å². The molecule has 2 atom stereocenters. The van der Waals surface area contributed by atoms with E-state index in [1.54, 1.807) is 18.2 Å². The summed E-state index contributed by atoms with van der Waals surface area (Å²) in [5, 5.41) is 20.0. The summed E-state index contributed by atoms with van der Waals surface area (Å²) in [7, 11) is 0. The molecule has 0 saturated heterocycles. The number of hydrogen-bond acceptors (Lipinski definition) is 3. The van der Waals surface area contributed by atoms with Gasteiger partial charge in [-0.3, -0.25) is 0 Å². The fraction of sp³-hybridized carbons (Fsp3) is 0.174. The Bertz CT molecular complexity index is 965. The van der Waals surface area contributed by atoms with Crippen LogP contribution in [0.2, 0.25) is 0 Å². The van der Waals surface area contributed by atoms with E-state index in [4.69, 9.17) is 4.74 Å². The highest BCUT2D eigenvalue weighted by Gasteiger charge is 2.29. The van der Waals surface area contributed by atoms with Crippen molar-refractivity contribution in [1.29, 1.82) is 0 Å². The van der Waals surface area contributed by atoms with Crippen LogP contribution in [0.4, 0.5) is 0 Å². The highest BCUT2D eigenvalue weighted by atomic mass is 16.5. The first-order valence-electron chi connectivity index (χ1n) is 8.94. The molecule has 0 saturated carbocycles. The van der Waals surface area contributed by atoms with Gasteiger partial charge in [-0.15, -0.1) is 0 Å². The molecule has 0 radical (unpaired) electrons. The third kappa shape index (κ3) is 3.57. The Labute approximate surface area is 157 Å². The van der Waals surface area contributed by atoms with Gasteiger partial charge in [0.1, 0.15) is 5.75 Å². The zero-order valence-corrected chi connectivity index (χ0v) is 14.7. The average molecular weight is 360 g/mol. The maximum Gasteiger partial charge on any atom is 0.335 e. The number of fused-ring (bicyclic) bond motifs is 1. The van der Waals surface area contributed by atoms with Gasteiger partial charge in [0.2, 0.25) is 0 Å². The molecule has 0 amide bonds. The van der Waals surface area contributed by atoms with Crippen molar-refractivity contribution in [3.63, 3.8) is 0 Å². The summed E-state index contributed by atoms with van der Waals surface area (Å²) >= 11 is 0. The van der Waals surface area contributed by atoms with Crippen LogP contribution >= 0.6 is 0 Å². The van der Waals surface area contributed by atoms with E-state index in [1.165, 1.54) is 5.56 Å². The predicted octanol–water partition coefficient (Wildman–Crippen LogP) is 4.34. The van der Waals surface area contributed by atoms with Gasteiger partial charge in [0.05, 0.1) is 18.3 Å². The van der Waals surface area contributed by atoms with Gasteiger partial charge in [-0.1, -0.05) is 54.6 Å². The van der Waals surface area contributed by atoms with Crippen molar-refractivity contribution >= 4 is 5.97 Å². The number of aliphatic hydroxyl groups is 1. The third-order valence-corrected chi connectivity index (χ3v) is 5.02. The van der Waals surface area contributed by atoms with Gasteiger partial charge >= 0.3 is 5.97 Å². The highest BCUT2D eigenvalue weighted by molar-refractivity contribution is 5.89. The molecule has 2 N–H and O–H groups in total. The van der Waals surface area contributed by atoms with Crippen LogP contribution in [0, 0.1) is 5.92 Å². The van der Waals surface area contributed by atoms with Crippen molar-refractivity contribution in [2.75, 3.05) is 6.61 Å². The zero-order chi connectivity index (χ0) is 18.8. The molecule has 1 heterocycles. The van der Waals surface area contributed by atoms with Crippen molar-refractivity contribution in [2.45, 2.75) is 12.5 Å². The smallest absolute Gasteiger partial charge is 0.335 e. The summed E-state index contributed by atoms with van der Waals surface area (Å²) in [6.07, 6.45) is 0.164. The molecule has 4 rings (SSSR count). The SMILES string of the molecule is O=C(O)c1cccc(-c2ccc3c(c2)OC[C@@H](Cc2ccccc2)[C@@H]3O)c1. The maximum atomic E-state index is 11.2. The lowest BCUT2D eigenvalue weighted by atomic mass is 9.87. The number of aromatic carboxylic acids is 1. The van der Waals surface area contributed by atoms with Crippen molar-refractivity contribution in [3.8, 4) is 16.9 Å². The van der Waals surface area contributed by atoms with E-state index in [-0.39, 0.29) is 11.5 Å². The van der Waals surface area contributed by atoms with Crippen molar-refractivity contribution < 1.29 is 19.7 Å². The van der Waals surface area contributed by atoms with Gasteiger partial charge in [-0.2, -0.15) is 0 Å². The maximum absolute atomic E-state index is 11.2. The number of carbonyl (C=O) groups is 1. The molecule has 0 aliphatic carbocycles. The van der Waals surface area contributed by atoms with Crippen LogP contribution in [0.3, 0.4) is 0 Å². The lowest BCUT2D eigenvalue weighted by Gasteiger charge is -2.30. The molecule has 0 bridgehead atoms. The normalized spacial score (nSPS) is 18.4. The Kier molecular flexibility index (Phi) is 4.65. The number of carboxylic acid groups (broad SMARTS) is 1. The van der Waals surface area contributed by atoms with E-state index in [0.29, 0.717) is 12.4 Å². The molecule has 4 heteroatoms. The summed E-state index contributed by atoms with van der Waals surface area (Å²) in [6, 6.07) is 22.5. The first-order valence-corrected chi connectivity index (χ1v) is 8.94. The monoisotopic (exact) mass is 360 g/mol. The number of carboxylic acids is 1. The largest absolute Gasteiger partial charge is 0.493 e. The van der Waals surface area contributed by atoms with Gasteiger partial charge in [-0.05, 0) is 41.3 Å². The quantitative estimate of drug-likeness (QED) is 0.726. The standard InChI is InChI=1S/C23H20O4/c24-22-19(11-15-5-2-1-3-6-15)14-27-21-13-17(9-10-20(21)22)16-7-4-8-18(12-16)23(25)26/h1-10,12-13,19,22,24H,11,14H2,(H,25,26)/t19-,22+/m1/s1. The van der Waals surface area contributed by atoms with Crippen molar-refractivity contribution in [2.24, 2.45) is 5.92 Å². The van der Waals surface area contributed by atoms with Crippen LogP contribution in [0.1, 0.15) is 27.6 Å². The molecule has 0 aromatic heterocycles. The summed E-state index contributed by atoms with van der Waals surface area (Å²) in [6.45, 7) is 0.446. The Morgan fingerprint density at radius 3 is 2.52 bits per heavy atom. The minimum Gasteiger partial charge on any atom is -0.493 e. The number of hydrogen-bond donors (Lipinski definition) is 2. The summed E-state index contributed by atoms with van der Waals surface area (Å²) in [5.74, 6) is -0.295. The number of rotatable bonds is 4. The molecule has 136 valence electrons. The second-order valence-electron chi connectivity index (χ2n) is 6.84. The molecule has 0 unspecified atom stereocenters. The van der Waals surface area contributed by atoms with Crippen LogP contribution in [0.5, 0.6) is 5.75 Å². The van der Waals surface area contributed by atoms with Gasteiger partial charge in [0.25, 0.3) is 0 Å². The zero-order valence-electron chi connectivity index (χ0n) is 14.7. The van der Waals surface area contributed by atoms with Gasteiger partial charge < -0.3 is 14.9 Å². The average Bonchev–Trinajstić information content (AvgIpc) is 2.71. The molecule has 0 spiro atoms. The molecule has 27 heavy (non-hydrogen) atoms. The Morgan fingerprint density at radius 1 is 0.963 bits per heavy atom. The number of benzene rings is 3. The molecular weight excluding hydrogens is 340 g/mol. The van der Waals surface area contributed by atoms with E-state index < -0.39 is 12.1 Å². The van der Waals surface area contributed by atoms with Crippen LogP contribution in [-0.4, -0.2) is 22.8 Å². The molecule has 4 nitrogen and oxygen atoms in total.